The highest BCUT2D eigenvalue weighted by molar-refractivity contribution is 7.17. The zero-order valence-corrected chi connectivity index (χ0v) is 18.9. The highest BCUT2D eigenvalue weighted by Gasteiger charge is 2.34. The molecule has 28 heavy (non-hydrogen) atoms. The van der Waals surface area contributed by atoms with Crippen LogP contribution in [-0.2, 0) is 24.0 Å². The Kier molecular flexibility index (Phi) is 6.30. The molecule has 2 aromatic heterocycles. The molecule has 1 amide bonds. The van der Waals surface area contributed by atoms with Crippen LogP contribution in [0.2, 0.25) is 0 Å². The standard InChI is InChI=1S/C22H29NO3S2/c1-6-7-15-10-13(12-27-15)19(24)23-20-18(21(25)26-5)16-9-8-14(22(2,3)4)11-17(16)28-20/h10,12,14H,6-9,11H2,1-5H3,(H,23,24)/t14-/m0/s1. The number of thiophene rings is 2. The van der Waals surface area contributed by atoms with Crippen molar-refractivity contribution in [1.82, 2.24) is 0 Å². The number of anilines is 1. The number of carbonyl (C=O) groups excluding carboxylic acids is 2. The van der Waals surface area contributed by atoms with Gasteiger partial charge in [-0.2, -0.15) is 0 Å². The lowest BCUT2D eigenvalue weighted by atomic mass is 9.72. The molecule has 1 atom stereocenters. The minimum Gasteiger partial charge on any atom is -0.465 e. The van der Waals surface area contributed by atoms with Crippen molar-refractivity contribution in [2.75, 3.05) is 12.4 Å². The lowest BCUT2D eigenvalue weighted by Crippen LogP contribution is -2.26. The van der Waals surface area contributed by atoms with Crippen LogP contribution in [0.3, 0.4) is 0 Å². The first kappa shape index (κ1) is 21.1. The fourth-order valence-corrected chi connectivity index (χ4v) is 6.06. The average Bonchev–Trinajstić information content (AvgIpc) is 3.24. The van der Waals surface area contributed by atoms with E-state index < -0.39 is 0 Å². The number of hydrogen-bond acceptors (Lipinski definition) is 5. The van der Waals surface area contributed by atoms with Crippen molar-refractivity contribution in [2.45, 2.75) is 59.8 Å². The molecule has 4 nitrogen and oxygen atoms in total. The van der Waals surface area contributed by atoms with E-state index in [2.05, 4.69) is 33.0 Å². The van der Waals surface area contributed by atoms with Crippen LogP contribution >= 0.6 is 22.7 Å². The molecule has 152 valence electrons. The van der Waals surface area contributed by atoms with E-state index in [1.807, 2.05) is 11.4 Å². The molecule has 6 heteroatoms. The molecule has 0 bridgehead atoms. The van der Waals surface area contributed by atoms with Crippen LogP contribution in [0.1, 0.15) is 76.6 Å². The Morgan fingerprint density at radius 2 is 2.07 bits per heavy atom. The molecule has 0 spiro atoms. The zero-order chi connectivity index (χ0) is 20.5. The second kappa shape index (κ2) is 8.37. The molecular formula is C22H29NO3S2. The molecule has 0 fully saturated rings. The molecule has 0 radical (unpaired) electrons. The minimum absolute atomic E-state index is 0.158. The Morgan fingerprint density at radius 3 is 2.71 bits per heavy atom. The van der Waals surface area contributed by atoms with E-state index in [1.165, 1.54) is 28.2 Å². The quantitative estimate of drug-likeness (QED) is 0.609. The largest absolute Gasteiger partial charge is 0.465 e. The number of ether oxygens (including phenoxy) is 1. The van der Waals surface area contributed by atoms with Gasteiger partial charge in [0.25, 0.3) is 5.91 Å². The third-order valence-corrected chi connectivity index (χ3v) is 7.69. The topological polar surface area (TPSA) is 55.4 Å². The first-order valence-electron chi connectivity index (χ1n) is 9.86. The van der Waals surface area contributed by atoms with Gasteiger partial charge in [-0.1, -0.05) is 34.1 Å². The molecule has 1 N–H and O–H groups in total. The zero-order valence-electron chi connectivity index (χ0n) is 17.3. The average molecular weight is 420 g/mol. The molecule has 1 aliphatic carbocycles. The van der Waals surface area contributed by atoms with E-state index in [0.29, 0.717) is 22.0 Å². The summed E-state index contributed by atoms with van der Waals surface area (Å²) in [5.41, 5.74) is 2.49. The van der Waals surface area contributed by atoms with Gasteiger partial charge >= 0.3 is 5.97 Å². The van der Waals surface area contributed by atoms with Crippen LogP contribution in [0.15, 0.2) is 11.4 Å². The molecule has 0 aromatic carbocycles. The minimum atomic E-state index is -0.362. The Bertz CT molecular complexity index is 873. The van der Waals surface area contributed by atoms with Gasteiger partial charge < -0.3 is 10.1 Å². The van der Waals surface area contributed by atoms with E-state index in [0.717, 1.165) is 37.7 Å². The summed E-state index contributed by atoms with van der Waals surface area (Å²) in [5, 5.41) is 5.51. The fraction of sp³-hybridized carbons (Fsp3) is 0.545. The van der Waals surface area contributed by atoms with Crippen LogP contribution in [0, 0.1) is 11.3 Å². The summed E-state index contributed by atoms with van der Waals surface area (Å²) in [7, 11) is 1.40. The SMILES string of the molecule is CCCc1cc(C(=O)Nc2sc3c(c2C(=O)OC)CC[C@H](C(C)(C)C)C3)cs1. The van der Waals surface area contributed by atoms with Crippen LogP contribution in [-0.4, -0.2) is 19.0 Å². The van der Waals surface area contributed by atoms with Gasteiger partial charge in [0.1, 0.15) is 5.00 Å². The van der Waals surface area contributed by atoms with E-state index in [9.17, 15) is 9.59 Å². The maximum Gasteiger partial charge on any atom is 0.341 e. The van der Waals surface area contributed by atoms with Crippen molar-refractivity contribution in [3.63, 3.8) is 0 Å². The smallest absolute Gasteiger partial charge is 0.341 e. The van der Waals surface area contributed by atoms with E-state index in [4.69, 9.17) is 4.74 Å². The van der Waals surface area contributed by atoms with E-state index in [1.54, 1.807) is 11.3 Å². The van der Waals surface area contributed by atoms with Gasteiger partial charge in [0.15, 0.2) is 0 Å². The molecule has 0 saturated heterocycles. The van der Waals surface area contributed by atoms with Crippen LogP contribution in [0.4, 0.5) is 5.00 Å². The third kappa shape index (κ3) is 4.33. The second-order valence-corrected chi connectivity index (χ2v) is 10.6. The number of amides is 1. The van der Waals surface area contributed by atoms with Crippen molar-refractivity contribution >= 4 is 39.6 Å². The Balaban J connectivity index is 1.89. The molecule has 3 rings (SSSR count). The third-order valence-electron chi connectivity index (χ3n) is 5.52. The first-order chi connectivity index (χ1) is 13.2. The van der Waals surface area contributed by atoms with Crippen molar-refractivity contribution < 1.29 is 14.3 Å². The lowest BCUT2D eigenvalue weighted by molar-refractivity contribution is 0.0600. The van der Waals surface area contributed by atoms with E-state index >= 15 is 0 Å². The summed E-state index contributed by atoms with van der Waals surface area (Å²) in [6.45, 7) is 8.93. The van der Waals surface area contributed by atoms with Crippen molar-refractivity contribution in [1.29, 1.82) is 0 Å². The van der Waals surface area contributed by atoms with Gasteiger partial charge in [-0.3, -0.25) is 4.79 Å². The molecule has 0 aliphatic heterocycles. The predicted molar refractivity (Wildman–Crippen MR) is 117 cm³/mol. The number of hydrogen-bond donors (Lipinski definition) is 1. The second-order valence-electron chi connectivity index (χ2n) is 8.51. The number of rotatable bonds is 5. The maximum atomic E-state index is 12.8. The Morgan fingerprint density at radius 1 is 1.32 bits per heavy atom. The van der Waals surface area contributed by atoms with Crippen molar-refractivity contribution in [3.05, 3.63) is 37.9 Å². The van der Waals surface area contributed by atoms with Crippen LogP contribution < -0.4 is 5.32 Å². The summed E-state index contributed by atoms with van der Waals surface area (Å²) in [6, 6.07) is 1.95. The Hall–Kier alpha value is -1.66. The van der Waals surface area contributed by atoms with Crippen LogP contribution in [0.25, 0.3) is 0 Å². The van der Waals surface area contributed by atoms with Gasteiger partial charge in [0, 0.05) is 15.1 Å². The summed E-state index contributed by atoms with van der Waals surface area (Å²) in [5.74, 6) is 0.0508. The maximum absolute atomic E-state index is 12.8. The summed E-state index contributed by atoms with van der Waals surface area (Å²) in [6.07, 6.45) is 4.89. The van der Waals surface area contributed by atoms with Gasteiger partial charge in [0.05, 0.1) is 18.2 Å². The molecule has 1 aliphatic rings. The highest BCUT2D eigenvalue weighted by Crippen LogP contribution is 2.44. The Labute approximate surface area is 175 Å². The number of methoxy groups -OCH3 is 1. The van der Waals surface area contributed by atoms with Crippen molar-refractivity contribution in [3.8, 4) is 0 Å². The molecule has 0 saturated carbocycles. The molecule has 2 heterocycles. The summed E-state index contributed by atoms with van der Waals surface area (Å²) < 4.78 is 5.04. The molecular weight excluding hydrogens is 390 g/mol. The number of aryl methyl sites for hydroxylation is 1. The summed E-state index contributed by atoms with van der Waals surface area (Å²) in [4.78, 5) is 27.7. The number of carbonyl (C=O) groups is 2. The monoisotopic (exact) mass is 419 g/mol. The van der Waals surface area contributed by atoms with Gasteiger partial charge in [-0.05, 0) is 48.6 Å². The van der Waals surface area contributed by atoms with Gasteiger partial charge in [0.2, 0.25) is 0 Å². The lowest BCUT2D eigenvalue weighted by Gasteiger charge is -2.33. The summed E-state index contributed by atoms with van der Waals surface area (Å²) >= 11 is 3.15. The van der Waals surface area contributed by atoms with Crippen molar-refractivity contribution in [2.24, 2.45) is 11.3 Å². The predicted octanol–water partition coefficient (Wildman–Crippen LogP) is 5.95. The first-order valence-corrected chi connectivity index (χ1v) is 11.6. The number of esters is 1. The normalized spacial score (nSPS) is 16.5. The fourth-order valence-electron chi connectivity index (χ4n) is 3.78. The molecule has 0 unspecified atom stereocenters. The van der Waals surface area contributed by atoms with Gasteiger partial charge in [-0.15, -0.1) is 22.7 Å². The van der Waals surface area contributed by atoms with Gasteiger partial charge in [-0.25, -0.2) is 4.79 Å². The number of nitrogens with one attached hydrogen (secondary N) is 1. The molecule has 2 aromatic rings. The number of fused-ring (bicyclic) bond motifs is 1. The van der Waals surface area contributed by atoms with Crippen LogP contribution in [0.5, 0.6) is 0 Å². The van der Waals surface area contributed by atoms with E-state index in [-0.39, 0.29) is 17.3 Å². The highest BCUT2D eigenvalue weighted by atomic mass is 32.1.